The molecule has 0 radical (unpaired) electrons. The van der Waals surface area contributed by atoms with Gasteiger partial charge in [-0.2, -0.15) is 0 Å². The number of nitrogens with two attached hydrogens (primary N) is 2. The van der Waals surface area contributed by atoms with Gasteiger partial charge in [0.15, 0.2) is 0 Å². The van der Waals surface area contributed by atoms with Crippen molar-refractivity contribution in [3.63, 3.8) is 0 Å². The molecule has 4 nitrogen and oxygen atoms in total. The minimum absolute atomic E-state index is 0.162. The van der Waals surface area contributed by atoms with Crippen LogP contribution in [-0.4, -0.2) is 22.3 Å². The second-order valence-electron chi connectivity index (χ2n) is 10.8. The van der Waals surface area contributed by atoms with Crippen molar-refractivity contribution in [2.45, 2.75) is 178 Å². The summed E-state index contributed by atoms with van der Waals surface area (Å²) in [5, 5.41) is -0.323. The Balaban J connectivity index is 3.78. The topological polar surface area (TPSA) is 86.2 Å². The first-order chi connectivity index (χ1) is 18.5. The maximum Gasteiger partial charge on any atom is 0.231 e. The van der Waals surface area contributed by atoms with Crippen molar-refractivity contribution in [1.29, 1.82) is 0 Å². The molecule has 0 saturated carbocycles. The van der Waals surface area contributed by atoms with Crippen molar-refractivity contribution in [3.05, 3.63) is 0 Å². The maximum absolute atomic E-state index is 11.9. The van der Waals surface area contributed by atoms with E-state index >= 15 is 0 Å². The summed E-state index contributed by atoms with van der Waals surface area (Å²) in [7, 11) is 6.22. The molecule has 0 aliphatic carbocycles. The minimum atomic E-state index is -0.229. The molecule has 0 heterocycles. The summed E-state index contributed by atoms with van der Waals surface area (Å²) >= 11 is 0. The summed E-state index contributed by atoms with van der Waals surface area (Å²) in [4.78, 5) is 23.7. The van der Waals surface area contributed by atoms with Crippen molar-refractivity contribution in [3.8, 4) is 0 Å². The Morgan fingerprint density at radius 1 is 0.447 bits per heavy atom. The molecule has 0 rings (SSSR count). The van der Waals surface area contributed by atoms with Crippen LogP contribution in [0.15, 0.2) is 0 Å². The normalized spacial score (nSPS) is 13.0. The fraction of sp³-hybridized carbons (Fsp3) is 0.933. The summed E-state index contributed by atoms with van der Waals surface area (Å²) < 4.78 is 0. The van der Waals surface area contributed by atoms with Crippen molar-refractivity contribution >= 4 is 53.1 Å². The van der Waals surface area contributed by atoms with E-state index in [4.69, 9.17) is 11.5 Å². The summed E-state index contributed by atoms with van der Waals surface area (Å²) in [6.07, 6.45) is 30.3. The number of hydrogen-bond acceptors (Lipinski definition) is 6. The van der Waals surface area contributed by atoms with E-state index in [0.29, 0.717) is 0 Å². The molecule has 0 spiro atoms. The first kappa shape index (κ1) is 38.3. The van der Waals surface area contributed by atoms with Crippen molar-refractivity contribution < 1.29 is 9.59 Å². The van der Waals surface area contributed by atoms with Gasteiger partial charge in [-0.3, -0.25) is 9.59 Å². The van der Waals surface area contributed by atoms with E-state index < -0.39 is 0 Å². The Morgan fingerprint density at radius 2 is 0.684 bits per heavy atom. The Hall–Kier alpha value is 0.340. The highest BCUT2D eigenvalue weighted by Crippen LogP contribution is 2.48. The molecule has 2 amide bonds. The van der Waals surface area contributed by atoms with Gasteiger partial charge in [0.1, 0.15) is 0 Å². The van der Waals surface area contributed by atoms with Gasteiger partial charge >= 0.3 is 0 Å². The van der Waals surface area contributed by atoms with Gasteiger partial charge in [-0.15, -0.1) is 0 Å². The lowest BCUT2D eigenvalue weighted by Gasteiger charge is -2.14. The zero-order chi connectivity index (χ0) is 28.1. The van der Waals surface area contributed by atoms with Crippen LogP contribution < -0.4 is 11.5 Å². The molecule has 0 bridgehead atoms. The highest BCUT2D eigenvalue weighted by atomic mass is 33.7. The molecule has 38 heavy (non-hydrogen) atoms. The van der Waals surface area contributed by atoms with Crippen LogP contribution in [0.3, 0.4) is 0 Å². The lowest BCUT2D eigenvalue weighted by Crippen LogP contribution is -2.25. The molecule has 4 N–H and O–H groups in total. The van der Waals surface area contributed by atoms with Crippen LogP contribution >= 0.6 is 41.2 Å². The second kappa shape index (κ2) is 30.3. The first-order valence-electron chi connectivity index (χ1n) is 15.8. The van der Waals surface area contributed by atoms with Crippen LogP contribution in [0, 0.1) is 0 Å². The molecule has 0 aliphatic rings. The van der Waals surface area contributed by atoms with Gasteiger partial charge in [0.25, 0.3) is 0 Å². The Bertz CT molecular complexity index is 494. The van der Waals surface area contributed by atoms with E-state index in [9.17, 15) is 9.59 Å². The van der Waals surface area contributed by atoms with Gasteiger partial charge < -0.3 is 11.5 Å². The minimum Gasteiger partial charge on any atom is -0.369 e. The summed E-state index contributed by atoms with van der Waals surface area (Å²) in [6, 6.07) is 0. The number of hydrogen-bond donors (Lipinski definition) is 2. The van der Waals surface area contributed by atoms with Crippen LogP contribution in [0.4, 0.5) is 0 Å². The number of primary amides is 2. The molecule has 2 unspecified atom stereocenters. The van der Waals surface area contributed by atoms with E-state index in [1.165, 1.54) is 128 Å². The summed E-state index contributed by atoms with van der Waals surface area (Å²) in [5.74, 6) is -0.458. The average molecular weight is 609 g/mol. The van der Waals surface area contributed by atoms with Gasteiger partial charge in [-0.25, -0.2) is 0 Å². The zero-order valence-electron chi connectivity index (χ0n) is 24.7. The predicted octanol–water partition coefficient (Wildman–Crippen LogP) is 10.8. The van der Waals surface area contributed by atoms with Gasteiger partial charge in [0.2, 0.25) is 11.8 Å². The largest absolute Gasteiger partial charge is 0.369 e. The van der Waals surface area contributed by atoms with E-state index in [2.05, 4.69) is 13.8 Å². The maximum atomic E-state index is 11.9. The molecule has 226 valence electrons. The SMILES string of the molecule is CCCCCCCCCCCCCC(SSSSC(CCCCCCCCCCCCC)C(N)=O)C(N)=O. The van der Waals surface area contributed by atoms with Crippen LogP contribution in [0.5, 0.6) is 0 Å². The number of carbonyl (C=O) groups excluding carboxylic acids is 2. The summed E-state index contributed by atoms with van der Waals surface area (Å²) in [5.41, 5.74) is 11.3. The quantitative estimate of drug-likeness (QED) is 0.0601. The molecule has 8 heteroatoms. The Labute approximate surface area is 251 Å². The zero-order valence-corrected chi connectivity index (χ0v) is 28.0. The first-order valence-corrected chi connectivity index (χ1v) is 20.7. The molecular formula is C30H60N2O2S4. The third-order valence-electron chi connectivity index (χ3n) is 7.11. The van der Waals surface area contributed by atoms with E-state index in [0.717, 1.165) is 25.7 Å². The molecule has 0 aliphatic heterocycles. The van der Waals surface area contributed by atoms with Gasteiger partial charge in [-0.05, 0) is 32.5 Å². The number of amides is 2. The van der Waals surface area contributed by atoms with Gasteiger partial charge in [-0.1, -0.05) is 177 Å². The predicted molar refractivity (Wildman–Crippen MR) is 178 cm³/mol. The lowest BCUT2D eigenvalue weighted by atomic mass is 10.0. The monoisotopic (exact) mass is 608 g/mol. The Kier molecular flexibility index (Phi) is 30.6. The van der Waals surface area contributed by atoms with Crippen LogP contribution in [-0.2, 0) is 9.59 Å². The second-order valence-corrected chi connectivity index (χ2v) is 17.0. The summed E-state index contributed by atoms with van der Waals surface area (Å²) in [6.45, 7) is 4.52. The lowest BCUT2D eigenvalue weighted by molar-refractivity contribution is -0.118. The molecular weight excluding hydrogens is 549 g/mol. The van der Waals surface area contributed by atoms with Crippen LogP contribution in [0.25, 0.3) is 0 Å². The fourth-order valence-electron chi connectivity index (χ4n) is 4.59. The van der Waals surface area contributed by atoms with E-state index in [1.807, 2.05) is 0 Å². The third kappa shape index (κ3) is 26.6. The number of unbranched alkanes of at least 4 members (excludes halogenated alkanes) is 20. The molecule has 0 aromatic rings. The molecule has 0 aromatic heterocycles. The van der Waals surface area contributed by atoms with Gasteiger partial charge in [0.05, 0.1) is 10.5 Å². The molecule has 0 saturated heterocycles. The number of rotatable bonds is 31. The Morgan fingerprint density at radius 3 is 0.921 bits per heavy atom. The van der Waals surface area contributed by atoms with Gasteiger partial charge in [0, 0.05) is 0 Å². The standard InChI is InChI=1S/C30H60N2O2S4/c1-3-5-7-9-11-13-15-17-19-21-23-25-27(29(31)33)35-37-38-36-28(30(32)34)26-24-22-20-18-16-14-12-10-8-6-4-2/h27-28H,3-26H2,1-2H3,(H2,31,33)(H2,32,34). The van der Waals surface area contributed by atoms with E-state index in [-0.39, 0.29) is 22.3 Å². The fourth-order valence-corrected chi connectivity index (χ4v) is 11.5. The average Bonchev–Trinajstić information content (AvgIpc) is 2.89. The third-order valence-corrected chi connectivity index (χ3v) is 14.2. The molecule has 0 fully saturated rings. The van der Waals surface area contributed by atoms with Crippen molar-refractivity contribution in [2.24, 2.45) is 11.5 Å². The van der Waals surface area contributed by atoms with E-state index in [1.54, 1.807) is 41.2 Å². The number of carbonyl (C=O) groups is 2. The smallest absolute Gasteiger partial charge is 0.231 e. The highest BCUT2D eigenvalue weighted by Gasteiger charge is 2.19. The van der Waals surface area contributed by atoms with Crippen molar-refractivity contribution in [2.75, 3.05) is 0 Å². The van der Waals surface area contributed by atoms with Crippen LogP contribution in [0.2, 0.25) is 0 Å². The van der Waals surface area contributed by atoms with Crippen molar-refractivity contribution in [1.82, 2.24) is 0 Å². The highest BCUT2D eigenvalue weighted by molar-refractivity contribution is 9.26. The van der Waals surface area contributed by atoms with Crippen LogP contribution in [0.1, 0.15) is 168 Å². The molecule has 2 atom stereocenters. The molecule has 0 aromatic carbocycles.